The fourth-order valence-corrected chi connectivity index (χ4v) is 2.77. The van der Waals surface area contributed by atoms with Crippen molar-refractivity contribution in [3.05, 3.63) is 75.8 Å². The van der Waals surface area contributed by atoms with Crippen LogP contribution in [0.3, 0.4) is 0 Å². The van der Waals surface area contributed by atoms with Crippen LogP contribution >= 0.6 is 0 Å². The Morgan fingerprint density at radius 1 is 1.10 bits per heavy atom. The zero-order valence-corrected chi connectivity index (χ0v) is 12.3. The van der Waals surface area contributed by atoms with E-state index in [1.165, 1.54) is 5.56 Å². The van der Waals surface area contributed by atoms with Crippen LogP contribution in [0.1, 0.15) is 24.1 Å². The SMILES string of the molecule is CNC(c1ccccc1)C(C)Cc1ccccc1[N+](=O)[O-]. The second-order valence-corrected chi connectivity index (χ2v) is 5.24. The predicted molar refractivity (Wildman–Crippen MR) is 84.2 cm³/mol. The molecule has 21 heavy (non-hydrogen) atoms. The van der Waals surface area contributed by atoms with E-state index in [2.05, 4.69) is 24.4 Å². The Labute approximate surface area is 125 Å². The highest BCUT2D eigenvalue weighted by Gasteiger charge is 2.21. The molecule has 110 valence electrons. The van der Waals surface area contributed by atoms with E-state index < -0.39 is 0 Å². The number of nitrogens with zero attached hydrogens (tertiary/aromatic N) is 1. The third kappa shape index (κ3) is 3.67. The van der Waals surface area contributed by atoms with E-state index in [9.17, 15) is 10.1 Å². The molecule has 2 unspecified atom stereocenters. The van der Waals surface area contributed by atoms with E-state index in [1.54, 1.807) is 12.1 Å². The molecule has 0 spiro atoms. The quantitative estimate of drug-likeness (QED) is 0.649. The molecule has 0 bridgehead atoms. The van der Waals surface area contributed by atoms with Crippen LogP contribution in [-0.2, 0) is 6.42 Å². The molecule has 2 rings (SSSR count). The summed E-state index contributed by atoms with van der Waals surface area (Å²) in [6.45, 7) is 2.12. The van der Waals surface area contributed by atoms with Crippen LogP contribution in [0.25, 0.3) is 0 Å². The molecular weight excluding hydrogens is 264 g/mol. The van der Waals surface area contributed by atoms with Crippen molar-refractivity contribution in [3.63, 3.8) is 0 Å². The van der Waals surface area contributed by atoms with E-state index in [0.717, 1.165) is 5.56 Å². The highest BCUT2D eigenvalue weighted by molar-refractivity contribution is 5.40. The lowest BCUT2D eigenvalue weighted by atomic mass is 9.89. The first-order chi connectivity index (χ1) is 10.1. The molecule has 4 heteroatoms. The summed E-state index contributed by atoms with van der Waals surface area (Å²) < 4.78 is 0. The molecule has 2 aromatic rings. The van der Waals surface area contributed by atoms with Gasteiger partial charge in [-0.3, -0.25) is 10.1 Å². The zero-order valence-electron chi connectivity index (χ0n) is 12.3. The average molecular weight is 284 g/mol. The van der Waals surface area contributed by atoms with Gasteiger partial charge in [0.25, 0.3) is 5.69 Å². The van der Waals surface area contributed by atoms with Crippen molar-refractivity contribution in [1.82, 2.24) is 5.32 Å². The van der Waals surface area contributed by atoms with Gasteiger partial charge in [-0.05, 0) is 24.9 Å². The summed E-state index contributed by atoms with van der Waals surface area (Å²) in [4.78, 5) is 10.8. The molecule has 2 atom stereocenters. The largest absolute Gasteiger partial charge is 0.313 e. The first kappa shape index (κ1) is 15.2. The molecule has 0 aliphatic carbocycles. The van der Waals surface area contributed by atoms with Gasteiger partial charge in [0.2, 0.25) is 0 Å². The summed E-state index contributed by atoms with van der Waals surface area (Å²) in [5.74, 6) is 0.249. The van der Waals surface area contributed by atoms with Gasteiger partial charge in [0.15, 0.2) is 0 Å². The third-order valence-electron chi connectivity index (χ3n) is 3.77. The molecule has 0 saturated carbocycles. The van der Waals surface area contributed by atoms with E-state index in [0.29, 0.717) is 6.42 Å². The van der Waals surface area contributed by atoms with E-state index in [1.807, 2.05) is 37.4 Å². The summed E-state index contributed by atoms with van der Waals surface area (Å²) in [6.07, 6.45) is 0.664. The lowest BCUT2D eigenvalue weighted by Gasteiger charge is -2.24. The molecule has 0 fully saturated rings. The van der Waals surface area contributed by atoms with Crippen molar-refractivity contribution < 1.29 is 4.92 Å². The molecule has 0 aliphatic heterocycles. The Kier molecular flexibility index (Phi) is 5.06. The highest BCUT2D eigenvalue weighted by atomic mass is 16.6. The number of benzene rings is 2. The van der Waals surface area contributed by atoms with E-state index in [4.69, 9.17) is 0 Å². The molecule has 0 amide bonds. The van der Waals surface area contributed by atoms with Gasteiger partial charge >= 0.3 is 0 Å². The summed E-state index contributed by atoms with van der Waals surface area (Å²) >= 11 is 0. The molecule has 0 saturated heterocycles. The van der Waals surface area contributed by atoms with E-state index in [-0.39, 0.29) is 22.6 Å². The first-order valence-corrected chi connectivity index (χ1v) is 7.08. The maximum Gasteiger partial charge on any atom is 0.272 e. The third-order valence-corrected chi connectivity index (χ3v) is 3.77. The van der Waals surface area contributed by atoms with Gasteiger partial charge in [-0.25, -0.2) is 0 Å². The van der Waals surface area contributed by atoms with Crippen LogP contribution in [0.15, 0.2) is 54.6 Å². The Balaban J connectivity index is 2.21. The van der Waals surface area contributed by atoms with Gasteiger partial charge in [-0.15, -0.1) is 0 Å². The van der Waals surface area contributed by atoms with Gasteiger partial charge in [0.1, 0.15) is 0 Å². The number of nitro benzene ring substituents is 1. The summed E-state index contributed by atoms with van der Waals surface area (Å²) in [5, 5.41) is 14.4. The Hall–Kier alpha value is -2.20. The maximum absolute atomic E-state index is 11.1. The monoisotopic (exact) mass is 284 g/mol. The van der Waals surface area contributed by atoms with Gasteiger partial charge in [0.05, 0.1) is 4.92 Å². The minimum absolute atomic E-state index is 0.172. The Bertz CT molecular complexity index is 599. The van der Waals surface area contributed by atoms with Gasteiger partial charge in [-0.2, -0.15) is 0 Å². The van der Waals surface area contributed by atoms with Crippen molar-refractivity contribution >= 4 is 5.69 Å². The zero-order chi connectivity index (χ0) is 15.2. The number of rotatable bonds is 6. The summed E-state index contributed by atoms with van der Waals surface area (Å²) in [7, 11) is 1.92. The smallest absolute Gasteiger partial charge is 0.272 e. The molecule has 0 radical (unpaired) electrons. The number of hydrogen-bond acceptors (Lipinski definition) is 3. The molecule has 0 aliphatic rings. The van der Waals surface area contributed by atoms with Crippen LogP contribution in [0.4, 0.5) is 5.69 Å². The van der Waals surface area contributed by atoms with Gasteiger partial charge < -0.3 is 5.32 Å². The topological polar surface area (TPSA) is 55.2 Å². The molecule has 2 aromatic carbocycles. The molecule has 0 heterocycles. The number of nitro groups is 1. The summed E-state index contributed by atoms with van der Waals surface area (Å²) in [6, 6.07) is 17.3. The fourth-order valence-electron chi connectivity index (χ4n) is 2.77. The van der Waals surface area contributed by atoms with Crippen molar-refractivity contribution in [2.45, 2.75) is 19.4 Å². The fraction of sp³-hybridized carbons (Fsp3) is 0.294. The second-order valence-electron chi connectivity index (χ2n) is 5.24. The van der Waals surface area contributed by atoms with E-state index >= 15 is 0 Å². The Morgan fingerprint density at radius 2 is 1.71 bits per heavy atom. The van der Waals surface area contributed by atoms with Crippen molar-refractivity contribution in [3.8, 4) is 0 Å². The number of para-hydroxylation sites is 1. The minimum Gasteiger partial charge on any atom is -0.313 e. The van der Waals surface area contributed by atoms with Crippen LogP contribution < -0.4 is 5.32 Å². The minimum atomic E-state index is -0.307. The lowest BCUT2D eigenvalue weighted by Crippen LogP contribution is -2.25. The molecule has 1 N–H and O–H groups in total. The predicted octanol–water partition coefficient (Wildman–Crippen LogP) is 3.73. The molecular formula is C17H20N2O2. The molecule has 0 aromatic heterocycles. The standard InChI is InChI=1S/C17H20N2O2/c1-13(17(18-2)14-8-4-3-5-9-14)12-15-10-6-7-11-16(15)19(20)21/h3-11,13,17-18H,12H2,1-2H3. The molecule has 4 nitrogen and oxygen atoms in total. The van der Waals surface area contributed by atoms with Crippen molar-refractivity contribution in [1.29, 1.82) is 0 Å². The van der Waals surface area contributed by atoms with Gasteiger partial charge in [-0.1, -0.05) is 55.5 Å². The van der Waals surface area contributed by atoms with Gasteiger partial charge in [0, 0.05) is 17.7 Å². The summed E-state index contributed by atoms with van der Waals surface area (Å²) in [5.41, 5.74) is 2.18. The maximum atomic E-state index is 11.1. The first-order valence-electron chi connectivity index (χ1n) is 7.08. The van der Waals surface area contributed by atoms with Crippen molar-refractivity contribution in [2.24, 2.45) is 5.92 Å². The van der Waals surface area contributed by atoms with Crippen molar-refractivity contribution in [2.75, 3.05) is 7.05 Å². The van der Waals surface area contributed by atoms with Crippen LogP contribution in [0, 0.1) is 16.0 Å². The van der Waals surface area contributed by atoms with Crippen LogP contribution in [0.2, 0.25) is 0 Å². The lowest BCUT2D eigenvalue weighted by molar-refractivity contribution is -0.385. The Morgan fingerprint density at radius 3 is 2.33 bits per heavy atom. The number of nitrogens with one attached hydrogen (secondary N) is 1. The highest BCUT2D eigenvalue weighted by Crippen LogP contribution is 2.28. The average Bonchev–Trinajstić information content (AvgIpc) is 2.49. The second kappa shape index (κ2) is 6.99. The van der Waals surface area contributed by atoms with Crippen LogP contribution in [0.5, 0.6) is 0 Å². The van der Waals surface area contributed by atoms with Crippen LogP contribution in [-0.4, -0.2) is 12.0 Å². The number of hydrogen-bond donors (Lipinski definition) is 1. The normalized spacial score (nSPS) is 13.6.